The Morgan fingerprint density at radius 3 is 3.11 bits per heavy atom. The summed E-state index contributed by atoms with van der Waals surface area (Å²) in [4.78, 5) is 12.7. The van der Waals surface area contributed by atoms with Gasteiger partial charge < -0.3 is 10.6 Å². The van der Waals surface area contributed by atoms with E-state index in [1.807, 2.05) is 13.8 Å². The van der Waals surface area contributed by atoms with Crippen LogP contribution in [-0.2, 0) is 0 Å². The van der Waals surface area contributed by atoms with Gasteiger partial charge in [0.25, 0.3) is 5.91 Å². The van der Waals surface area contributed by atoms with E-state index in [9.17, 15) is 4.79 Å². The fourth-order valence-electron chi connectivity index (χ4n) is 2.18. The van der Waals surface area contributed by atoms with Crippen molar-refractivity contribution in [2.75, 3.05) is 13.1 Å². The normalized spacial score (nSPS) is 19.4. The monoisotopic (exact) mass is 268 g/mol. The van der Waals surface area contributed by atoms with Gasteiger partial charge in [0.15, 0.2) is 0 Å². The second kappa shape index (κ2) is 6.24. The van der Waals surface area contributed by atoms with Gasteiger partial charge in [0.05, 0.1) is 5.69 Å². The lowest BCUT2D eigenvalue weighted by molar-refractivity contribution is 0.0955. The lowest BCUT2D eigenvalue weighted by Gasteiger charge is -2.10. The summed E-state index contributed by atoms with van der Waals surface area (Å²) >= 11 is 1.18. The van der Waals surface area contributed by atoms with Gasteiger partial charge in [0.1, 0.15) is 4.88 Å². The molecule has 0 aliphatic carbocycles. The van der Waals surface area contributed by atoms with E-state index in [4.69, 9.17) is 0 Å². The van der Waals surface area contributed by atoms with Crippen LogP contribution in [0.25, 0.3) is 0 Å². The molecule has 0 bridgehead atoms. The maximum Gasteiger partial charge on any atom is 0.264 e. The standard InChI is InChI=1S/C12H20N4OS/c1-8(2)10-11(18-16-15-10)12(17)14-7-5-9-4-3-6-13-9/h8-9,13H,3-7H2,1-2H3,(H,14,17). The van der Waals surface area contributed by atoms with E-state index >= 15 is 0 Å². The van der Waals surface area contributed by atoms with Crippen molar-refractivity contribution in [3.05, 3.63) is 10.6 Å². The van der Waals surface area contributed by atoms with Crippen molar-refractivity contribution in [1.29, 1.82) is 0 Å². The molecule has 1 amide bonds. The molecule has 5 nitrogen and oxygen atoms in total. The molecule has 2 heterocycles. The number of amides is 1. The Bertz CT molecular complexity index is 399. The van der Waals surface area contributed by atoms with Crippen LogP contribution in [-0.4, -0.2) is 34.6 Å². The third-order valence-electron chi connectivity index (χ3n) is 3.21. The molecule has 18 heavy (non-hydrogen) atoms. The average molecular weight is 268 g/mol. The molecule has 1 aliphatic heterocycles. The predicted octanol–water partition coefficient (Wildman–Crippen LogP) is 1.53. The minimum atomic E-state index is -0.0355. The highest BCUT2D eigenvalue weighted by molar-refractivity contribution is 7.08. The molecule has 1 atom stereocenters. The smallest absolute Gasteiger partial charge is 0.264 e. The Kier molecular flexibility index (Phi) is 4.66. The molecule has 0 spiro atoms. The molecule has 1 aliphatic rings. The summed E-state index contributed by atoms with van der Waals surface area (Å²) in [6.45, 7) is 5.87. The molecule has 0 saturated carbocycles. The van der Waals surface area contributed by atoms with Crippen LogP contribution in [0.5, 0.6) is 0 Å². The van der Waals surface area contributed by atoms with Crippen LogP contribution >= 0.6 is 11.5 Å². The van der Waals surface area contributed by atoms with Crippen LogP contribution in [0.2, 0.25) is 0 Å². The topological polar surface area (TPSA) is 66.9 Å². The number of aromatic nitrogens is 2. The van der Waals surface area contributed by atoms with Gasteiger partial charge >= 0.3 is 0 Å². The third kappa shape index (κ3) is 3.26. The zero-order valence-corrected chi connectivity index (χ0v) is 11.7. The summed E-state index contributed by atoms with van der Waals surface area (Å²) in [5.74, 6) is 0.202. The molecule has 1 unspecified atom stereocenters. The molecular formula is C12H20N4OS. The molecule has 0 aromatic carbocycles. The SMILES string of the molecule is CC(C)c1nnsc1C(=O)NCCC1CCCN1. The Morgan fingerprint density at radius 1 is 1.61 bits per heavy atom. The number of nitrogens with zero attached hydrogens (tertiary/aromatic N) is 2. The van der Waals surface area contributed by atoms with Gasteiger partial charge in [-0.05, 0) is 43.3 Å². The van der Waals surface area contributed by atoms with Gasteiger partial charge in [0, 0.05) is 12.6 Å². The number of carbonyl (C=O) groups excluding carboxylic acids is 1. The fraction of sp³-hybridized carbons (Fsp3) is 0.750. The van der Waals surface area contributed by atoms with E-state index in [0.717, 1.165) is 18.7 Å². The van der Waals surface area contributed by atoms with Gasteiger partial charge in [-0.25, -0.2) is 0 Å². The van der Waals surface area contributed by atoms with Crippen LogP contribution in [0.4, 0.5) is 0 Å². The minimum Gasteiger partial charge on any atom is -0.351 e. The Morgan fingerprint density at radius 2 is 2.44 bits per heavy atom. The van der Waals surface area contributed by atoms with Gasteiger partial charge in [-0.15, -0.1) is 5.10 Å². The summed E-state index contributed by atoms with van der Waals surface area (Å²) in [7, 11) is 0. The molecule has 1 saturated heterocycles. The highest BCUT2D eigenvalue weighted by Crippen LogP contribution is 2.19. The van der Waals surface area contributed by atoms with E-state index in [0.29, 0.717) is 17.5 Å². The van der Waals surface area contributed by atoms with Gasteiger partial charge in [0.2, 0.25) is 0 Å². The maximum atomic E-state index is 12.0. The lowest BCUT2D eigenvalue weighted by atomic mass is 10.1. The predicted molar refractivity (Wildman–Crippen MR) is 72.0 cm³/mol. The van der Waals surface area contributed by atoms with Crippen molar-refractivity contribution < 1.29 is 4.79 Å². The van der Waals surface area contributed by atoms with Gasteiger partial charge in [-0.1, -0.05) is 18.3 Å². The van der Waals surface area contributed by atoms with E-state index in [2.05, 4.69) is 20.2 Å². The first-order chi connectivity index (χ1) is 8.68. The molecule has 2 N–H and O–H groups in total. The molecule has 2 rings (SSSR count). The Hall–Kier alpha value is -1.01. The quantitative estimate of drug-likeness (QED) is 0.850. The fourth-order valence-corrected chi connectivity index (χ4v) is 2.91. The molecular weight excluding hydrogens is 248 g/mol. The Labute approximate surface area is 112 Å². The summed E-state index contributed by atoms with van der Waals surface area (Å²) < 4.78 is 3.87. The van der Waals surface area contributed by atoms with Crippen molar-refractivity contribution in [2.24, 2.45) is 0 Å². The molecule has 0 radical (unpaired) electrons. The van der Waals surface area contributed by atoms with E-state index in [1.54, 1.807) is 0 Å². The van der Waals surface area contributed by atoms with Crippen LogP contribution in [0.15, 0.2) is 0 Å². The van der Waals surface area contributed by atoms with Crippen molar-refractivity contribution in [3.8, 4) is 0 Å². The zero-order valence-electron chi connectivity index (χ0n) is 10.9. The Balaban J connectivity index is 1.81. The third-order valence-corrected chi connectivity index (χ3v) is 3.95. The summed E-state index contributed by atoms with van der Waals surface area (Å²) in [6, 6.07) is 0.564. The number of rotatable bonds is 5. The summed E-state index contributed by atoms with van der Waals surface area (Å²) in [5.41, 5.74) is 0.802. The highest BCUT2D eigenvalue weighted by atomic mass is 32.1. The molecule has 1 fully saturated rings. The minimum absolute atomic E-state index is 0.0355. The summed E-state index contributed by atoms with van der Waals surface area (Å²) in [5, 5.41) is 10.4. The van der Waals surface area contributed by atoms with Crippen LogP contribution in [0.1, 0.15) is 54.4 Å². The first-order valence-corrected chi connectivity index (χ1v) is 7.29. The van der Waals surface area contributed by atoms with Crippen molar-refractivity contribution >= 4 is 17.4 Å². The largest absolute Gasteiger partial charge is 0.351 e. The number of nitrogens with one attached hydrogen (secondary N) is 2. The summed E-state index contributed by atoms with van der Waals surface area (Å²) in [6.07, 6.45) is 3.46. The first-order valence-electron chi connectivity index (χ1n) is 6.52. The zero-order chi connectivity index (χ0) is 13.0. The van der Waals surface area contributed by atoms with E-state index in [-0.39, 0.29) is 11.8 Å². The number of hydrogen-bond donors (Lipinski definition) is 2. The lowest BCUT2D eigenvalue weighted by Crippen LogP contribution is -2.30. The molecule has 1 aromatic rings. The van der Waals surface area contributed by atoms with Crippen LogP contribution in [0.3, 0.4) is 0 Å². The first kappa shape index (κ1) is 13.4. The molecule has 1 aromatic heterocycles. The molecule has 6 heteroatoms. The second-order valence-electron chi connectivity index (χ2n) is 4.98. The van der Waals surface area contributed by atoms with Crippen molar-refractivity contribution in [2.45, 2.75) is 45.1 Å². The number of carbonyl (C=O) groups is 1. The van der Waals surface area contributed by atoms with Crippen LogP contribution < -0.4 is 10.6 Å². The van der Waals surface area contributed by atoms with Gasteiger partial charge in [-0.2, -0.15) is 0 Å². The van der Waals surface area contributed by atoms with Crippen molar-refractivity contribution in [1.82, 2.24) is 20.2 Å². The molecule has 100 valence electrons. The highest BCUT2D eigenvalue weighted by Gasteiger charge is 2.19. The van der Waals surface area contributed by atoms with Crippen LogP contribution in [0, 0.1) is 0 Å². The van der Waals surface area contributed by atoms with E-state index < -0.39 is 0 Å². The average Bonchev–Trinajstić information content (AvgIpc) is 2.99. The maximum absolute atomic E-state index is 12.0. The second-order valence-corrected chi connectivity index (χ2v) is 5.73. The van der Waals surface area contributed by atoms with E-state index in [1.165, 1.54) is 24.4 Å². The van der Waals surface area contributed by atoms with Crippen molar-refractivity contribution in [3.63, 3.8) is 0 Å². The number of hydrogen-bond acceptors (Lipinski definition) is 5. The van der Waals surface area contributed by atoms with Gasteiger partial charge in [-0.3, -0.25) is 4.79 Å².